The third kappa shape index (κ3) is 1.95. The Bertz CT molecular complexity index is 528. The molecule has 3 rings (SSSR count). The fraction of sp³-hybridized carbons (Fsp3) is 0.400. The predicted molar refractivity (Wildman–Crippen MR) is 70.3 cm³/mol. The Morgan fingerprint density at radius 3 is 2.61 bits per heavy atom. The van der Waals surface area contributed by atoms with Gasteiger partial charge in [-0.2, -0.15) is 5.10 Å². The minimum Gasteiger partial charge on any atom is -0.392 e. The molecule has 1 fully saturated rings. The SMILES string of the molecule is Cn1cc(CC(O)C2(c3ccccc3)CC2)cn1. The first-order valence-electron chi connectivity index (χ1n) is 6.42. The van der Waals surface area contributed by atoms with E-state index in [1.807, 2.05) is 37.6 Å². The highest BCUT2D eigenvalue weighted by Gasteiger charge is 2.49. The number of rotatable bonds is 4. The summed E-state index contributed by atoms with van der Waals surface area (Å²) in [6.07, 6.45) is 6.35. The summed E-state index contributed by atoms with van der Waals surface area (Å²) in [6.45, 7) is 0. The molecular weight excluding hydrogens is 224 g/mol. The van der Waals surface area contributed by atoms with Crippen molar-refractivity contribution in [2.75, 3.05) is 0 Å². The van der Waals surface area contributed by atoms with E-state index in [0.717, 1.165) is 18.4 Å². The molecule has 0 bridgehead atoms. The summed E-state index contributed by atoms with van der Waals surface area (Å²) in [5.41, 5.74) is 2.35. The van der Waals surface area contributed by atoms with Crippen LogP contribution in [-0.4, -0.2) is 21.0 Å². The second-order valence-electron chi connectivity index (χ2n) is 5.26. The number of benzene rings is 1. The van der Waals surface area contributed by atoms with Gasteiger partial charge in [-0.25, -0.2) is 0 Å². The Morgan fingerprint density at radius 2 is 2.06 bits per heavy atom. The van der Waals surface area contributed by atoms with E-state index < -0.39 is 0 Å². The zero-order valence-corrected chi connectivity index (χ0v) is 10.6. The van der Waals surface area contributed by atoms with Crippen LogP contribution < -0.4 is 0 Å². The molecule has 1 saturated carbocycles. The monoisotopic (exact) mass is 242 g/mol. The Hall–Kier alpha value is -1.61. The van der Waals surface area contributed by atoms with Gasteiger partial charge in [0.15, 0.2) is 0 Å². The second-order valence-corrected chi connectivity index (χ2v) is 5.26. The molecule has 1 heterocycles. The molecule has 1 aliphatic rings. The number of nitrogens with zero attached hydrogens (tertiary/aromatic N) is 2. The van der Waals surface area contributed by atoms with Crippen LogP contribution in [0.25, 0.3) is 0 Å². The van der Waals surface area contributed by atoms with E-state index in [2.05, 4.69) is 17.2 Å². The third-order valence-electron chi connectivity index (χ3n) is 3.96. The number of hydrogen-bond donors (Lipinski definition) is 1. The highest BCUT2D eigenvalue weighted by molar-refractivity contribution is 5.33. The van der Waals surface area contributed by atoms with Gasteiger partial charge in [0.1, 0.15) is 0 Å². The lowest BCUT2D eigenvalue weighted by Crippen LogP contribution is -2.28. The van der Waals surface area contributed by atoms with Crippen molar-refractivity contribution in [3.8, 4) is 0 Å². The van der Waals surface area contributed by atoms with Crippen LogP contribution >= 0.6 is 0 Å². The van der Waals surface area contributed by atoms with Gasteiger partial charge in [-0.3, -0.25) is 4.68 Å². The van der Waals surface area contributed by atoms with E-state index in [9.17, 15) is 5.11 Å². The predicted octanol–water partition coefficient (Wildman–Crippen LogP) is 2.06. The first-order chi connectivity index (χ1) is 8.71. The van der Waals surface area contributed by atoms with Crippen LogP contribution in [-0.2, 0) is 18.9 Å². The van der Waals surface area contributed by atoms with Gasteiger partial charge >= 0.3 is 0 Å². The van der Waals surface area contributed by atoms with Crippen molar-refractivity contribution in [1.29, 1.82) is 0 Å². The van der Waals surface area contributed by atoms with Crippen LogP contribution in [0, 0.1) is 0 Å². The minimum atomic E-state index is -0.316. The second kappa shape index (κ2) is 4.25. The third-order valence-corrected chi connectivity index (χ3v) is 3.96. The molecule has 1 unspecified atom stereocenters. The van der Waals surface area contributed by atoms with Gasteiger partial charge in [-0.05, 0) is 24.0 Å². The summed E-state index contributed by atoms with van der Waals surface area (Å²) < 4.78 is 1.78. The number of aliphatic hydroxyl groups is 1. The van der Waals surface area contributed by atoms with Gasteiger partial charge in [-0.1, -0.05) is 30.3 Å². The molecule has 1 aromatic carbocycles. The molecule has 1 atom stereocenters. The van der Waals surface area contributed by atoms with Crippen molar-refractivity contribution >= 4 is 0 Å². The van der Waals surface area contributed by atoms with Crippen molar-refractivity contribution in [3.05, 3.63) is 53.9 Å². The van der Waals surface area contributed by atoms with Crippen molar-refractivity contribution < 1.29 is 5.11 Å². The fourth-order valence-electron chi connectivity index (χ4n) is 2.71. The molecule has 3 heteroatoms. The zero-order valence-electron chi connectivity index (χ0n) is 10.6. The van der Waals surface area contributed by atoms with Crippen molar-refractivity contribution in [2.24, 2.45) is 7.05 Å². The van der Waals surface area contributed by atoms with Gasteiger partial charge in [0.25, 0.3) is 0 Å². The smallest absolute Gasteiger partial charge is 0.0678 e. The van der Waals surface area contributed by atoms with Gasteiger partial charge in [0, 0.05) is 25.1 Å². The van der Waals surface area contributed by atoms with Crippen LogP contribution in [0.5, 0.6) is 0 Å². The lowest BCUT2D eigenvalue weighted by molar-refractivity contribution is 0.131. The number of aryl methyl sites for hydroxylation is 1. The molecule has 18 heavy (non-hydrogen) atoms. The Morgan fingerprint density at radius 1 is 1.33 bits per heavy atom. The highest BCUT2D eigenvalue weighted by atomic mass is 16.3. The Labute approximate surface area is 107 Å². The van der Waals surface area contributed by atoms with Crippen molar-refractivity contribution in [3.63, 3.8) is 0 Å². The average molecular weight is 242 g/mol. The summed E-state index contributed by atoms with van der Waals surface area (Å²) in [7, 11) is 1.90. The van der Waals surface area contributed by atoms with E-state index in [0.29, 0.717) is 6.42 Å². The summed E-state index contributed by atoms with van der Waals surface area (Å²) in [6, 6.07) is 10.4. The van der Waals surface area contributed by atoms with E-state index >= 15 is 0 Å². The Balaban J connectivity index is 1.78. The Kier molecular flexibility index (Phi) is 2.71. The molecule has 0 amide bonds. The quantitative estimate of drug-likeness (QED) is 0.891. The van der Waals surface area contributed by atoms with Gasteiger partial charge in [0.05, 0.1) is 12.3 Å². The standard InChI is InChI=1S/C15H18N2O/c1-17-11-12(10-16-17)9-14(18)15(7-8-15)13-5-3-2-4-6-13/h2-6,10-11,14,18H,7-9H2,1H3. The van der Waals surface area contributed by atoms with E-state index in [-0.39, 0.29) is 11.5 Å². The normalized spacial score (nSPS) is 18.6. The summed E-state index contributed by atoms with van der Waals surface area (Å²) in [4.78, 5) is 0. The topological polar surface area (TPSA) is 38.0 Å². The first kappa shape index (κ1) is 11.5. The molecule has 94 valence electrons. The average Bonchev–Trinajstić information content (AvgIpc) is 3.10. The molecule has 1 aliphatic carbocycles. The number of aromatic nitrogens is 2. The van der Waals surface area contributed by atoms with Crippen LogP contribution in [0.15, 0.2) is 42.7 Å². The molecule has 1 aromatic heterocycles. The molecule has 0 saturated heterocycles. The van der Waals surface area contributed by atoms with Gasteiger partial charge in [-0.15, -0.1) is 0 Å². The molecular formula is C15H18N2O. The van der Waals surface area contributed by atoms with E-state index in [4.69, 9.17) is 0 Å². The first-order valence-corrected chi connectivity index (χ1v) is 6.42. The maximum absolute atomic E-state index is 10.5. The van der Waals surface area contributed by atoms with Crippen LogP contribution in [0.4, 0.5) is 0 Å². The minimum absolute atomic E-state index is 0.0168. The van der Waals surface area contributed by atoms with Gasteiger partial charge < -0.3 is 5.11 Å². The molecule has 3 nitrogen and oxygen atoms in total. The van der Waals surface area contributed by atoms with Crippen molar-refractivity contribution in [2.45, 2.75) is 30.8 Å². The van der Waals surface area contributed by atoms with Crippen molar-refractivity contribution in [1.82, 2.24) is 9.78 Å². The zero-order chi connectivity index (χ0) is 12.6. The molecule has 0 radical (unpaired) electrons. The lowest BCUT2D eigenvalue weighted by atomic mass is 9.87. The highest BCUT2D eigenvalue weighted by Crippen LogP contribution is 2.51. The molecule has 0 spiro atoms. The number of hydrogen-bond acceptors (Lipinski definition) is 2. The van der Waals surface area contributed by atoms with Crippen LogP contribution in [0.2, 0.25) is 0 Å². The van der Waals surface area contributed by atoms with Crippen LogP contribution in [0.3, 0.4) is 0 Å². The molecule has 0 aliphatic heterocycles. The largest absolute Gasteiger partial charge is 0.392 e. The van der Waals surface area contributed by atoms with Gasteiger partial charge in [0.2, 0.25) is 0 Å². The van der Waals surface area contributed by atoms with E-state index in [1.165, 1.54) is 5.56 Å². The maximum atomic E-state index is 10.5. The number of aliphatic hydroxyl groups excluding tert-OH is 1. The lowest BCUT2D eigenvalue weighted by Gasteiger charge is -2.22. The summed E-state index contributed by atoms with van der Waals surface area (Å²) in [5.74, 6) is 0. The molecule has 2 aromatic rings. The summed E-state index contributed by atoms with van der Waals surface area (Å²) in [5, 5.41) is 14.7. The fourth-order valence-corrected chi connectivity index (χ4v) is 2.71. The van der Waals surface area contributed by atoms with E-state index in [1.54, 1.807) is 4.68 Å². The maximum Gasteiger partial charge on any atom is 0.0678 e. The van der Waals surface area contributed by atoms with Crippen LogP contribution in [0.1, 0.15) is 24.0 Å². The summed E-state index contributed by atoms with van der Waals surface area (Å²) >= 11 is 0. The molecule has 1 N–H and O–H groups in total.